The van der Waals surface area contributed by atoms with Crippen LogP contribution >= 0.6 is 15.9 Å². The van der Waals surface area contributed by atoms with Crippen molar-refractivity contribution in [3.05, 3.63) is 28.7 Å². The zero-order chi connectivity index (χ0) is 14.4. The summed E-state index contributed by atoms with van der Waals surface area (Å²) in [5.41, 5.74) is 3.61. The maximum Gasteiger partial charge on any atom is 0.202 e. The summed E-state index contributed by atoms with van der Waals surface area (Å²) < 4.78 is 6.19. The number of rotatable bonds is 3. The number of ether oxygens (including phenoxy) is 1. The molecule has 104 valence electrons. The first-order valence-electron chi connectivity index (χ1n) is 6.11. The summed E-state index contributed by atoms with van der Waals surface area (Å²) in [6.07, 6.45) is 0. The Bertz CT molecular complexity index is 543. The van der Waals surface area contributed by atoms with E-state index in [1.807, 2.05) is 30.3 Å². The van der Waals surface area contributed by atoms with Gasteiger partial charge in [-0.3, -0.25) is 10.8 Å². The fourth-order valence-electron chi connectivity index (χ4n) is 1.71. The van der Waals surface area contributed by atoms with E-state index in [1.54, 1.807) is 4.90 Å². The van der Waals surface area contributed by atoms with Crippen LogP contribution in [-0.2, 0) is 4.74 Å². The molecule has 1 aromatic carbocycles. The summed E-state index contributed by atoms with van der Waals surface area (Å²) in [5.74, 6) is 0.125. The third kappa shape index (κ3) is 3.79. The Balaban J connectivity index is 2.03. The molecule has 20 heavy (non-hydrogen) atoms. The predicted octanol–water partition coefficient (Wildman–Crippen LogP) is 2.05. The van der Waals surface area contributed by atoms with Gasteiger partial charge in [0.05, 0.1) is 18.9 Å². The van der Waals surface area contributed by atoms with Gasteiger partial charge in [0, 0.05) is 17.6 Å². The molecule has 0 unspecified atom stereocenters. The van der Waals surface area contributed by atoms with Gasteiger partial charge >= 0.3 is 0 Å². The molecule has 7 heteroatoms. The van der Waals surface area contributed by atoms with Crippen molar-refractivity contribution in [1.29, 1.82) is 10.7 Å². The van der Waals surface area contributed by atoms with Crippen LogP contribution in [0.4, 0.5) is 5.69 Å². The van der Waals surface area contributed by atoms with E-state index in [0.29, 0.717) is 26.3 Å². The number of nitriles is 1. The molecule has 0 aliphatic carbocycles. The number of morpholine rings is 1. The third-order valence-electron chi connectivity index (χ3n) is 2.80. The Morgan fingerprint density at radius 2 is 2.00 bits per heavy atom. The number of amidine groups is 1. The first-order valence-corrected chi connectivity index (χ1v) is 6.91. The minimum Gasteiger partial charge on any atom is -0.378 e. The van der Waals surface area contributed by atoms with Crippen molar-refractivity contribution in [3.63, 3.8) is 0 Å². The van der Waals surface area contributed by atoms with Crippen LogP contribution in [0.15, 0.2) is 33.8 Å². The summed E-state index contributed by atoms with van der Waals surface area (Å²) in [5, 5.41) is 21.1. The van der Waals surface area contributed by atoms with Crippen molar-refractivity contribution >= 4 is 33.2 Å². The monoisotopic (exact) mass is 335 g/mol. The van der Waals surface area contributed by atoms with Crippen LogP contribution in [0.2, 0.25) is 0 Å². The number of hydrogen-bond acceptors (Lipinski definition) is 5. The molecular weight excluding hydrogens is 322 g/mol. The maximum absolute atomic E-state index is 9.12. The van der Waals surface area contributed by atoms with Gasteiger partial charge in [0.15, 0.2) is 5.84 Å². The van der Waals surface area contributed by atoms with Crippen molar-refractivity contribution in [2.24, 2.45) is 5.10 Å². The van der Waals surface area contributed by atoms with E-state index in [4.69, 9.17) is 15.4 Å². The fraction of sp³-hybridized carbons (Fsp3) is 0.308. The number of hydrazone groups is 1. The molecule has 1 heterocycles. The molecular formula is C13H14BrN5O. The highest BCUT2D eigenvalue weighted by atomic mass is 79.9. The van der Waals surface area contributed by atoms with Gasteiger partial charge in [0.1, 0.15) is 6.07 Å². The molecule has 2 rings (SSSR count). The summed E-state index contributed by atoms with van der Waals surface area (Å²) in [7, 11) is 0. The summed E-state index contributed by atoms with van der Waals surface area (Å²) >= 11 is 3.35. The lowest BCUT2D eigenvalue weighted by Crippen LogP contribution is -2.43. The van der Waals surface area contributed by atoms with Gasteiger partial charge in [-0.05, 0) is 24.3 Å². The Labute approximate surface area is 125 Å². The van der Waals surface area contributed by atoms with Crippen LogP contribution in [0.25, 0.3) is 0 Å². The highest BCUT2D eigenvalue weighted by Crippen LogP contribution is 2.14. The van der Waals surface area contributed by atoms with Gasteiger partial charge < -0.3 is 9.64 Å². The van der Waals surface area contributed by atoms with Gasteiger partial charge in [-0.1, -0.05) is 15.9 Å². The molecule has 6 nitrogen and oxygen atoms in total. The van der Waals surface area contributed by atoms with E-state index in [9.17, 15) is 0 Å². The van der Waals surface area contributed by atoms with E-state index < -0.39 is 0 Å². The molecule has 2 N–H and O–H groups in total. The lowest BCUT2D eigenvalue weighted by Gasteiger charge is -2.28. The fourth-order valence-corrected chi connectivity index (χ4v) is 1.98. The number of hydrogen-bond donors (Lipinski definition) is 2. The lowest BCUT2D eigenvalue weighted by molar-refractivity contribution is 0.0686. The van der Waals surface area contributed by atoms with Gasteiger partial charge in [0.25, 0.3) is 0 Å². The molecule has 0 radical (unpaired) electrons. The molecule has 1 fully saturated rings. The molecule has 0 spiro atoms. The smallest absolute Gasteiger partial charge is 0.202 e. The molecule has 0 amide bonds. The summed E-state index contributed by atoms with van der Waals surface area (Å²) in [6.45, 7) is 2.36. The summed E-state index contributed by atoms with van der Waals surface area (Å²) in [6, 6.07) is 9.36. The predicted molar refractivity (Wildman–Crippen MR) is 80.9 cm³/mol. The second-order valence-electron chi connectivity index (χ2n) is 4.14. The normalized spacial score (nSPS) is 15.6. The van der Waals surface area contributed by atoms with Crippen molar-refractivity contribution in [1.82, 2.24) is 4.90 Å². The Morgan fingerprint density at radius 3 is 2.60 bits per heavy atom. The molecule has 1 aromatic rings. The largest absolute Gasteiger partial charge is 0.378 e. The van der Waals surface area contributed by atoms with Crippen molar-refractivity contribution < 1.29 is 4.74 Å². The lowest BCUT2D eigenvalue weighted by atomic mass is 10.3. The van der Waals surface area contributed by atoms with Crippen molar-refractivity contribution in [3.8, 4) is 6.07 Å². The SMILES string of the molecule is N#CC(=NNc1ccc(Br)cc1)C(=N)N1CCOCC1. The number of anilines is 1. The Hall–Kier alpha value is -1.91. The quantitative estimate of drug-likeness (QED) is 0.503. The number of nitrogens with zero attached hydrogens (tertiary/aromatic N) is 3. The van der Waals surface area contributed by atoms with Crippen LogP contribution in [0, 0.1) is 16.7 Å². The highest BCUT2D eigenvalue weighted by Gasteiger charge is 2.18. The second-order valence-corrected chi connectivity index (χ2v) is 5.05. The second kappa shape index (κ2) is 7.03. The first-order chi connectivity index (χ1) is 9.70. The molecule has 0 aromatic heterocycles. The molecule has 0 bridgehead atoms. The van der Waals surface area contributed by atoms with Crippen molar-refractivity contribution in [2.45, 2.75) is 0 Å². The number of nitrogens with one attached hydrogen (secondary N) is 2. The summed E-state index contributed by atoms with van der Waals surface area (Å²) in [4.78, 5) is 1.79. The average molecular weight is 336 g/mol. The molecule has 0 saturated carbocycles. The van der Waals surface area contributed by atoms with E-state index in [2.05, 4.69) is 26.5 Å². The van der Waals surface area contributed by atoms with E-state index in [0.717, 1.165) is 10.2 Å². The van der Waals surface area contributed by atoms with Crippen LogP contribution in [0.1, 0.15) is 0 Å². The Kier molecular flexibility index (Phi) is 5.09. The number of halogens is 1. The maximum atomic E-state index is 9.12. The van der Waals surface area contributed by atoms with Crippen LogP contribution < -0.4 is 5.43 Å². The van der Waals surface area contributed by atoms with E-state index in [1.165, 1.54) is 0 Å². The van der Waals surface area contributed by atoms with Gasteiger partial charge in [-0.2, -0.15) is 10.4 Å². The molecule has 0 atom stereocenters. The van der Waals surface area contributed by atoms with Gasteiger partial charge in [0.2, 0.25) is 5.71 Å². The molecule has 1 saturated heterocycles. The standard InChI is InChI=1S/C13H14BrN5O/c14-10-1-3-11(4-2-10)17-18-12(9-15)13(16)19-5-7-20-8-6-19/h1-4,16-17H,5-8H2. The van der Waals surface area contributed by atoms with Crippen LogP contribution in [-0.4, -0.2) is 42.8 Å². The van der Waals surface area contributed by atoms with Crippen molar-refractivity contribution in [2.75, 3.05) is 31.7 Å². The topological polar surface area (TPSA) is 84.5 Å². The zero-order valence-electron chi connectivity index (χ0n) is 10.8. The Morgan fingerprint density at radius 1 is 1.35 bits per heavy atom. The average Bonchev–Trinajstić information content (AvgIpc) is 2.50. The molecule has 1 aliphatic heterocycles. The molecule has 1 aliphatic rings. The van der Waals surface area contributed by atoms with Crippen LogP contribution in [0.3, 0.4) is 0 Å². The number of benzene rings is 1. The minimum absolute atomic E-state index is 0.0646. The zero-order valence-corrected chi connectivity index (χ0v) is 12.4. The van der Waals surface area contributed by atoms with Crippen LogP contribution in [0.5, 0.6) is 0 Å². The van der Waals surface area contributed by atoms with E-state index >= 15 is 0 Å². The third-order valence-corrected chi connectivity index (χ3v) is 3.33. The van der Waals surface area contributed by atoms with E-state index in [-0.39, 0.29) is 11.5 Å². The highest BCUT2D eigenvalue weighted by molar-refractivity contribution is 9.10. The minimum atomic E-state index is 0.0646. The van der Waals surface area contributed by atoms with Gasteiger partial charge in [-0.15, -0.1) is 0 Å². The van der Waals surface area contributed by atoms with Gasteiger partial charge in [-0.25, -0.2) is 0 Å². The first kappa shape index (κ1) is 14.5.